The first-order valence-corrected chi connectivity index (χ1v) is 10.1. The Morgan fingerprint density at radius 2 is 1.04 bits per heavy atom. The first kappa shape index (κ1) is 23.3. The summed E-state index contributed by atoms with van der Waals surface area (Å²) in [5.74, 6) is 0. The van der Waals surface area contributed by atoms with E-state index in [0.717, 1.165) is 42.1 Å². The van der Waals surface area contributed by atoms with Gasteiger partial charge >= 0.3 is 0 Å². The minimum Gasteiger partial charge on any atom is -0.252 e. The fourth-order valence-corrected chi connectivity index (χ4v) is 2.91. The molecule has 0 spiro atoms. The maximum absolute atomic E-state index is 4.99. The van der Waals surface area contributed by atoms with Gasteiger partial charge in [-0.2, -0.15) is 0 Å². The average Bonchev–Trinajstić information content (AvgIpc) is 2.69. The molecule has 27 heavy (non-hydrogen) atoms. The summed E-state index contributed by atoms with van der Waals surface area (Å²) >= 11 is 0. The van der Waals surface area contributed by atoms with Crippen molar-refractivity contribution in [1.29, 1.82) is 0 Å². The fraction of sp³-hybridized carbons (Fsp3) is 0.417. The zero-order valence-electron chi connectivity index (χ0n) is 16.6. The van der Waals surface area contributed by atoms with Gasteiger partial charge in [-0.1, -0.05) is 75.9 Å². The Hall–Kier alpha value is -1.73. The first-order chi connectivity index (χ1) is 12.8. The standard InChI is InChI=1S/C24H32N2.Ni/c1-3-5-7-14-20-24(26-22-17-12-9-13-18-22)23(19-6-4-2)25-21-15-10-8-11-16-21;/h8-13,15-18H,3-7,14,19-20H2,1-2H3;. The van der Waals surface area contributed by atoms with Gasteiger partial charge in [0, 0.05) is 16.5 Å². The number of para-hydroxylation sites is 2. The number of aliphatic imine (C=N–C) groups is 2. The zero-order valence-corrected chi connectivity index (χ0v) is 17.6. The number of rotatable bonds is 11. The normalized spacial score (nSPS) is 11.9. The van der Waals surface area contributed by atoms with Gasteiger partial charge in [-0.05, 0) is 49.9 Å². The second-order valence-electron chi connectivity index (χ2n) is 6.70. The summed E-state index contributed by atoms with van der Waals surface area (Å²) in [6.07, 6.45) is 9.30. The van der Waals surface area contributed by atoms with Crippen molar-refractivity contribution in [3.8, 4) is 0 Å². The number of hydrogen-bond acceptors (Lipinski definition) is 2. The van der Waals surface area contributed by atoms with Crippen molar-refractivity contribution >= 4 is 22.8 Å². The van der Waals surface area contributed by atoms with E-state index in [1.54, 1.807) is 0 Å². The van der Waals surface area contributed by atoms with Crippen LogP contribution >= 0.6 is 0 Å². The van der Waals surface area contributed by atoms with Crippen LogP contribution in [-0.2, 0) is 16.5 Å². The molecular weight excluding hydrogens is 375 g/mol. The fourth-order valence-electron chi connectivity index (χ4n) is 2.91. The van der Waals surface area contributed by atoms with Crippen molar-refractivity contribution in [2.45, 2.75) is 65.2 Å². The van der Waals surface area contributed by atoms with Crippen molar-refractivity contribution in [1.82, 2.24) is 0 Å². The molecule has 0 N–H and O–H groups in total. The predicted octanol–water partition coefficient (Wildman–Crippen LogP) is 7.69. The van der Waals surface area contributed by atoms with E-state index in [2.05, 4.69) is 38.1 Å². The van der Waals surface area contributed by atoms with Crippen LogP contribution in [0.3, 0.4) is 0 Å². The summed E-state index contributed by atoms with van der Waals surface area (Å²) in [5.41, 5.74) is 4.35. The van der Waals surface area contributed by atoms with E-state index in [0.29, 0.717) is 0 Å². The van der Waals surface area contributed by atoms with Gasteiger partial charge < -0.3 is 0 Å². The van der Waals surface area contributed by atoms with Crippen molar-refractivity contribution in [2.75, 3.05) is 0 Å². The van der Waals surface area contributed by atoms with Crippen LogP contribution in [0.25, 0.3) is 0 Å². The van der Waals surface area contributed by atoms with E-state index < -0.39 is 0 Å². The van der Waals surface area contributed by atoms with E-state index in [9.17, 15) is 0 Å². The van der Waals surface area contributed by atoms with Crippen molar-refractivity contribution in [3.05, 3.63) is 60.7 Å². The average molecular weight is 407 g/mol. The van der Waals surface area contributed by atoms with Gasteiger partial charge in [-0.25, -0.2) is 0 Å². The summed E-state index contributed by atoms with van der Waals surface area (Å²) < 4.78 is 0. The third kappa shape index (κ3) is 9.15. The molecule has 0 unspecified atom stereocenters. The molecule has 0 aliphatic heterocycles. The molecule has 2 rings (SSSR count). The van der Waals surface area contributed by atoms with Gasteiger partial charge in [-0.15, -0.1) is 0 Å². The van der Waals surface area contributed by atoms with Gasteiger partial charge in [0.05, 0.1) is 22.8 Å². The van der Waals surface area contributed by atoms with Crippen molar-refractivity contribution in [3.63, 3.8) is 0 Å². The molecular formula is C24H32N2Ni. The zero-order chi connectivity index (χ0) is 18.5. The van der Waals surface area contributed by atoms with Crippen LogP contribution in [0.5, 0.6) is 0 Å². The van der Waals surface area contributed by atoms with Gasteiger partial charge in [0.2, 0.25) is 0 Å². The summed E-state index contributed by atoms with van der Waals surface area (Å²) in [6.45, 7) is 4.48. The van der Waals surface area contributed by atoms with Crippen LogP contribution in [0, 0.1) is 0 Å². The summed E-state index contributed by atoms with van der Waals surface area (Å²) in [7, 11) is 0. The third-order valence-electron chi connectivity index (χ3n) is 4.41. The number of unbranched alkanes of at least 4 members (excludes halogenated alkanes) is 4. The van der Waals surface area contributed by atoms with Crippen LogP contribution in [0.2, 0.25) is 0 Å². The van der Waals surface area contributed by atoms with Crippen LogP contribution < -0.4 is 0 Å². The molecule has 148 valence electrons. The molecule has 2 nitrogen and oxygen atoms in total. The molecule has 0 aromatic heterocycles. The summed E-state index contributed by atoms with van der Waals surface area (Å²) in [6, 6.07) is 20.6. The summed E-state index contributed by atoms with van der Waals surface area (Å²) in [5, 5.41) is 0. The quantitative estimate of drug-likeness (QED) is 0.207. The van der Waals surface area contributed by atoms with Gasteiger partial charge in [0.1, 0.15) is 0 Å². The third-order valence-corrected chi connectivity index (χ3v) is 4.41. The smallest absolute Gasteiger partial charge is 0.0633 e. The molecule has 0 saturated heterocycles. The topological polar surface area (TPSA) is 24.7 Å². The molecule has 0 aliphatic rings. The second-order valence-corrected chi connectivity index (χ2v) is 6.70. The Balaban J connectivity index is 0.00000364. The molecule has 0 fully saturated rings. The number of hydrogen-bond donors (Lipinski definition) is 0. The van der Waals surface area contributed by atoms with Crippen molar-refractivity contribution < 1.29 is 16.5 Å². The molecule has 2 aromatic rings. The summed E-state index contributed by atoms with van der Waals surface area (Å²) in [4.78, 5) is 9.97. The molecule has 0 bridgehead atoms. The predicted molar refractivity (Wildman–Crippen MR) is 115 cm³/mol. The Bertz CT molecular complexity index is 678. The van der Waals surface area contributed by atoms with E-state index >= 15 is 0 Å². The largest absolute Gasteiger partial charge is 0.252 e. The van der Waals surface area contributed by atoms with Crippen LogP contribution in [0.1, 0.15) is 65.2 Å². The first-order valence-electron chi connectivity index (χ1n) is 10.1. The van der Waals surface area contributed by atoms with Gasteiger partial charge in [-0.3, -0.25) is 9.98 Å². The maximum Gasteiger partial charge on any atom is 0.0633 e. The molecule has 0 aliphatic carbocycles. The molecule has 0 saturated carbocycles. The van der Waals surface area contributed by atoms with E-state index in [-0.39, 0.29) is 16.5 Å². The van der Waals surface area contributed by atoms with Gasteiger partial charge in [0.25, 0.3) is 0 Å². The Morgan fingerprint density at radius 1 is 0.593 bits per heavy atom. The molecule has 0 amide bonds. The van der Waals surface area contributed by atoms with E-state index in [1.807, 2.05) is 36.4 Å². The van der Waals surface area contributed by atoms with Gasteiger partial charge in [0.15, 0.2) is 0 Å². The van der Waals surface area contributed by atoms with Crippen LogP contribution in [-0.4, -0.2) is 11.4 Å². The maximum atomic E-state index is 4.99. The molecule has 0 heterocycles. The minimum atomic E-state index is 0. The number of benzene rings is 2. The monoisotopic (exact) mass is 406 g/mol. The SMILES string of the molecule is CCCCCCC(=Nc1ccccc1)C(CCCC)=Nc1ccccc1.[Ni]. The molecule has 0 radical (unpaired) electrons. The van der Waals surface area contributed by atoms with Crippen LogP contribution in [0.15, 0.2) is 70.6 Å². The Kier molecular flexibility index (Phi) is 12.4. The Labute approximate surface area is 175 Å². The minimum absolute atomic E-state index is 0. The number of nitrogens with zero attached hydrogens (tertiary/aromatic N) is 2. The van der Waals surface area contributed by atoms with E-state index in [4.69, 9.17) is 9.98 Å². The van der Waals surface area contributed by atoms with E-state index in [1.165, 1.54) is 32.1 Å². The molecule has 0 atom stereocenters. The second kappa shape index (κ2) is 14.3. The molecule has 3 heteroatoms. The van der Waals surface area contributed by atoms with Crippen LogP contribution in [0.4, 0.5) is 11.4 Å². The Morgan fingerprint density at radius 3 is 1.48 bits per heavy atom. The van der Waals surface area contributed by atoms with Crippen molar-refractivity contribution in [2.24, 2.45) is 9.98 Å². The molecule has 2 aromatic carbocycles.